The Balaban J connectivity index is 1.94. The number of nitrogens with two attached hydrogens (primary N) is 1. The summed E-state index contributed by atoms with van der Waals surface area (Å²) in [4.78, 5) is 19.3. The molecule has 1 saturated heterocycles. The molecule has 2 aromatic rings. The van der Waals surface area contributed by atoms with Crippen LogP contribution < -0.4 is 5.73 Å². The number of aromatic nitrogens is 2. The van der Waals surface area contributed by atoms with Crippen LogP contribution in [0.5, 0.6) is 0 Å². The first-order chi connectivity index (χ1) is 12.3. The lowest BCUT2D eigenvalue weighted by Gasteiger charge is -2.38. The van der Waals surface area contributed by atoms with E-state index in [9.17, 15) is 13.2 Å². The molecule has 0 bridgehead atoms. The lowest BCUT2D eigenvalue weighted by atomic mass is 9.97. The fraction of sp³-hybridized carbons (Fsp3) is 0.556. The van der Waals surface area contributed by atoms with Crippen molar-refractivity contribution in [3.05, 3.63) is 30.1 Å². The van der Waals surface area contributed by atoms with Gasteiger partial charge in [0, 0.05) is 24.9 Å². The number of nitrogens with zero attached hydrogens (tertiary/aromatic N) is 3. The predicted octanol–water partition coefficient (Wildman–Crippen LogP) is 1.31. The van der Waals surface area contributed by atoms with Gasteiger partial charge in [0.15, 0.2) is 9.84 Å². The molecule has 3 rings (SSSR count). The predicted molar refractivity (Wildman–Crippen MR) is 101 cm³/mol. The van der Waals surface area contributed by atoms with Gasteiger partial charge in [0.1, 0.15) is 18.1 Å². The highest BCUT2D eigenvalue weighted by atomic mass is 32.2. The van der Waals surface area contributed by atoms with Gasteiger partial charge in [0.05, 0.1) is 11.0 Å². The highest BCUT2D eigenvalue weighted by Gasteiger charge is 2.30. The molecule has 0 aliphatic carbocycles. The minimum atomic E-state index is -3.26. The number of para-hydroxylation sites is 2. The number of carbonyl (C=O) groups excluding carboxylic acids is 1. The Kier molecular flexibility index (Phi) is 5.34. The fourth-order valence-corrected chi connectivity index (χ4v) is 4.38. The number of imidazole rings is 1. The van der Waals surface area contributed by atoms with Gasteiger partial charge in [0.25, 0.3) is 0 Å². The topological polar surface area (TPSA) is 98.3 Å². The first-order valence-electron chi connectivity index (χ1n) is 8.93. The van der Waals surface area contributed by atoms with E-state index in [4.69, 9.17) is 5.73 Å². The van der Waals surface area contributed by atoms with Crippen molar-refractivity contribution < 1.29 is 13.2 Å². The molecule has 1 aliphatic rings. The van der Waals surface area contributed by atoms with Crippen molar-refractivity contribution in [1.82, 2.24) is 14.5 Å². The van der Waals surface area contributed by atoms with Crippen molar-refractivity contribution in [2.24, 2.45) is 5.73 Å². The molecule has 0 spiro atoms. The van der Waals surface area contributed by atoms with E-state index >= 15 is 0 Å². The first-order valence-corrected chi connectivity index (χ1v) is 11.0. The minimum absolute atomic E-state index is 0.0318. The van der Waals surface area contributed by atoms with Gasteiger partial charge in [-0.25, -0.2) is 13.4 Å². The van der Waals surface area contributed by atoms with E-state index in [1.807, 2.05) is 36.1 Å². The summed E-state index contributed by atoms with van der Waals surface area (Å²) in [6.07, 6.45) is 4.12. The number of fused-ring (bicyclic) bond motifs is 1. The molecule has 8 heteroatoms. The molecule has 7 nitrogen and oxygen atoms in total. The van der Waals surface area contributed by atoms with Crippen molar-refractivity contribution in [3.63, 3.8) is 0 Å². The lowest BCUT2D eigenvalue weighted by molar-refractivity contribution is -0.135. The molecule has 1 aromatic heterocycles. The van der Waals surface area contributed by atoms with Crippen molar-refractivity contribution in [2.75, 3.05) is 12.8 Å². The summed E-state index contributed by atoms with van der Waals surface area (Å²) in [6.45, 7) is 2.70. The third kappa shape index (κ3) is 4.07. The molecule has 1 amide bonds. The van der Waals surface area contributed by atoms with Crippen LogP contribution in [0.25, 0.3) is 11.0 Å². The molecule has 1 aliphatic heterocycles. The smallest absolute Gasteiger partial charge is 0.242 e. The van der Waals surface area contributed by atoms with E-state index < -0.39 is 9.84 Å². The third-order valence-corrected chi connectivity index (χ3v) is 5.68. The lowest BCUT2D eigenvalue weighted by Crippen LogP contribution is -2.52. The second kappa shape index (κ2) is 7.36. The van der Waals surface area contributed by atoms with Crippen molar-refractivity contribution >= 4 is 26.8 Å². The van der Waals surface area contributed by atoms with E-state index in [0.29, 0.717) is 17.9 Å². The number of carbonyl (C=O) groups is 1. The number of hydrogen-bond donors (Lipinski definition) is 1. The average molecular weight is 378 g/mol. The molecule has 2 unspecified atom stereocenters. The Morgan fingerprint density at radius 1 is 1.35 bits per heavy atom. The second-order valence-electron chi connectivity index (χ2n) is 7.18. The van der Waals surface area contributed by atoms with Crippen molar-refractivity contribution in [2.45, 2.75) is 50.6 Å². The van der Waals surface area contributed by atoms with Crippen molar-refractivity contribution in [3.8, 4) is 0 Å². The highest BCUT2D eigenvalue weighted by molar-refractivity contribution is 7.89. The van der Waals surface area contributed by atoms with E-state index in [-0.39, 0.29) is 30.3 Å². The van der Waals surface area contributed by atoms with Crippen LogP contribution in [-0.4, -0.2) is 53.7 Å². The van der Waals surface area contributed by atoms with Crippen LogP contribution in [-0.2, 0) is 26.9 Å². The summed E-state index contributed by atoms with van der Waals surface area (Å²) < 4.78 is 25.3. The van der Waals surface area contributed by atoms with Gasteiger partial charge in [-0.2, -0.15) is 0 Å². The van der Waals surface area contributed by atoms with Crippen molar-refractivity contribution in [1.29, 1.82) is 0 Å². The summed E-state index contributed by atoms with van der Waals surface area (Å²) in [5, 5.41) is 0. The molecule has 1 aromatic carbocycles. The van der Waals surface area contributed by atoms with Crippen LogP contribution in [0.1, 0.15) is 32.0 Å². The van der Waals surface area contributed by atoms with Crippen LogP contribution >= 0.6 is 0 Å². The number of piperidine rings is 1. The van der Waals surface area contributed by atoms with Gasteiger partial charge < -0.3 is 15.2 Å². The number of amides is 1. The maximum absolute atomic E-state index is 13.0. The molecule has 2 atom stereocenters. The summed E-state index contributed by atoms with van der Waals surface area (Å²) >= 11 is 0. The second-order valence-corrected chi connectivity index (χ2v) is 9.32. The molecule has 2 heterocycles. The molecule has 26 heavy (non-hydrogen) atoms. The average Bonchev–Trinajstić information content (AvgIpc) is 2.90. The zero-order valence-corrected chi connectivity index (χ0v) is 16.1. The molecule has 0 radical (unpaired) electrons. The van der Waals surface area contributed by atoms with Gasteiger partial charge in [-0.1, -0.05) is 12.1 Å². The van der Waals surface area contributed by atoms with E-state index in [0.717, 1.165) is 24.8 Å². The summed E-state index contributed by atoms with van der Waals surface area (Å²) in [5.74, 6) is 0.174. The number of sulfone groups is 1. The van der Waals surface area contributed by atoms with Gasteiger partial charge in [-0.3, -0.25) is 4.79 Å². The standard InChI is InChI=1S/C18H26N4O3S/c1-13(19)15-8-5-6-10-21(15)18(23)11-22-16-9-4-3-7-14(16)20-17(22)12-26(2,24)25/h3-4,7,9,13,15H,5-6,8,10-12,19H2,1-2H3. The maximum Gasteiger partial charge on any atom is 0.242 e. The van der Waals surface area contributed by atoms with Gasteiger partial charge >= 0.3 is 0 Å². The molecule has 2 N–H and O–H groups in total. The van der Waals surface area contributed by atoms with Gasteiger partial charge in [0.2, 0.25) is 5.91 Å². The summed E-state index contributed by atoms with van der Waals surface area (Å²) in [5.41, 5.74) is 7.55. The SMILES string of the molecule is CC(N)C1CCCCN1C(=O)Cn1c(CS(C)(=O)=O)nc2ccccc21. The summed E-state index contributed by atoms with van der Waals surface area (Å²) in [6, 6.07) is 7.34. The normalized spacial score (nSPS) is 19.7. The third-order valence-electron chi connectivity index (χ3n) is 4.89. The Bertz CT molecular complexity index is 904. The van der Waals surface area contributed by atoms with E-state index in [2.05, 4.69) is 4.98 Å². The Hall–Kier alpha value is -1.93. The van der Waals surface area contributed by atoms with Crippen LogP contribution in [0.2, 0.25) is 0 Å². The van der Waals surface area contributed by atoms with Crippen LogP contribution in [0.4, 0.5) is 0 Å². The Morgan fingerprint density at radius 2 is 2.08 bits per heavy atom. The fourth-order valence-electron chi connectivity index (χ4n) is 3.69. The Morgan fingerprint density at radius 3 is 2.77 bits per heavy atom. The van der Waals surface area contributed by atoms with Crippen LogP contribution in [0, 0.1) is 0 Å². The molecule has 1 fully saturated rings. The molecular weight excluding hydrogens is 352 g/mol. The number of likely N-dealkylation sites (tertiary alicyclic amines) is 1. The zero-order chi connectivity index (χ0) is 18.9. The quantitative estimate of drug-likeness (QED) is 0.846. The monoisotopic (exact) mass is 378 g/mol. The molecular formula is C18H26N4O3S. The van der Waals surface area contributed by atoms with Crippen LogP contribution in [0.3, 0.4) is 0 Å². The molecule has 142 valence electrons. The zero-order valence-electron chi connectivity index (χ0n) is 15.3. The summed E-state index contributed by atoms with van der Waals surface area (Å²) in [7, 11) is -3.26. The van der Waals surface area contributed by atoms with Crippen LogP contribution in [0.15, 0.2) is 24.3 Å². The first kappa shape index (κ1) is 18.8. The minimum Gasteiger partial charge on any atom is -0.337 e. The number of rotatable bonds is 5. The number of hydrogen-bond acceptors (Lipinski definition) is 5. The number of benzene rings is 1. The Labute approximate surface area is 154 Å². The van der Waals surface area contributed by atoms with E-state index in [1.165, 1.54) is 6.26 Å². The van der Waals surface area contributed by atoms with Gasteiger partial charge in [-0.15, -0.1) is 0 Å². The van der Waals surface area contributed by atoms with E-state index in [1.54, 1.807) is 4.57 Å². The maximum atomic E-state index is 13.0. The van der Waals surface area contributed by atoms with Gasteiger partial charge in [-0.05, 0) is 38.3 Å². The molecule has 0 saturated carbocycles. The highest BCUT2D eigenvalue weighted by Crippen LogP contribution is 2.22. The largest absolute Gasteiger partial charge is 0.337 e.